The summed E-state index contributed by atoms with van der Waals surface area (Å²) < 4.78 is 42.9. The Morgan fingerprint density at radius 2 is 1.87 bits per heavy atom. The lowest BCUT2D eigenvalue weighted by Gasteiger charge is -2.30. The molecule has 0 aromatic heterocycles. The van der Waals surface area contributed by atoms with Crippen molar-refractivity contribution in [2.45, 2.75) is 38.0 Å². The molecular formula is C26H29FN4O7S. The van der Waals surface area contributed by atoms with E-state index in [0.717, 1.165) is 16.7 Å². The van der Waals surface area contributed by atoms with Crippen LogP contribution in [0.15, 0.2) is 42.5 Å². The van der Waals surface area contributed by atoms with Crippen LogP contribution in [0, 0.1) is 5.82 Å². The molecule has 2 aliphatic rings. The Bertz CT molecular complexity index is 1430. The SMILES string of the molecule is CNC(=O)Nc1ccc2c(c1)CC[C@@]21OC(=O)N(CC(=O)N(Cc2ccc(F)cc2)C(C)CS(C)(=O)=O)C1=O. The number of urea groups is 1. The standard InChI is InChI=1S/C26H29FN4O7S/c1-16(15-39(3,36)37)30(13-17-4-6-19(27)7-5-17)22(32)14-31-23(33)26(38-25(31)35)11-10-18-12-20(8-9-21(18)26)29-24(34)28-2/h4-9,12,16H,10-11,13-15H2,1-3H3,(H2,28,29,34)/t16?,26-/m1/s1. The molecule has 13 heteroatoms. The molecule has 0 saturated carbocycles. The maximum Gasteiger partial charge on any atom is 0.418 e. The van der Waals surface area contributed by atoms with E-state index in [9.17, 15) is 32.0 Å². The number of hydrogen-bond donors (Lipinski definition) is 2. The van der Waals surface area contributed by atoms with Crippen molar-refractivity contribution < 1.29 is 36.7 Å². The lowest BCUT2D eigenvalue weighted by Crippen LogP contribution is -2.48. The third-order valence-corrected chi connectivity index (χ3v) is 7.89. The van der Waals surface area contributed by atoms with Gasteiger partial charge in [-0.25, -0.2) is 27.3 Å². The van der Waals surface area contributed by atoms with Gasteiger partial charge >= 0.3 is 12.1 Å². The number of aryl methyl sites for hydroxylation is 1. The van der Waals surface area contributed by atoms with Gasteiger partial charge in [0.2, 0.25) is 11.5 Å². The largest absolute Gasteiger partial charge is 0.427 e. The van der Waals surface area contributed by atoms with Gasteiger partial charge in [0.15, 0.2) is 0 Å². The average Bonchev–Trinajstić information content (AvgIpc) is 3.34. The average molecular weight is 561 g/mol. The highest BCUT2D eigenvalue weighted by Gasteiger charge is 2.58. The second kappa shape index (κ2) is 10.6. The van der Waals surface area contributed by atoms with E-state index in [-0.39, 0.29) is 18.7 Å². The van der Waals surface area contributed by atoms with Gasteiger partial charge in [-0.3, -0.25) is 9.59 Å². The Hall–Kier alpha value is -4.00. The van der Waals surface area contributed by atoms with Gasteiger partial charge in [0.25, 0.3) is 5.91 Å². The number of sulfone groups is 1. The summed E-state index contributed by atoms with van der Waals surface area (Å²) in [5, 5.41) is 5.10. The fourth-order valence-corrected chi connectivity index (χ4v) is 6.01. The zero-order valence-corrected chi connectivity index (χ0v) is 22.5. The van der Waals surface area contributed by atoms with E-state index in [1.54, 1.807) is 25.1 Å². The van der Waals surface area contributed by atoms with Crippen molar-refractivity contribution in [1.29, 1.82) is 0 Å². The van der Waals surface area contributed by atoms with Crippen LogP contribution in [0.2, 0.25) is 0 Å². The molecule has 2 N–H and O–H groups in total. The van der Waals surface area contributed by atoms with Crippen LogP contribution in [0.3, 0.4) is 0 Å². The number of amides is 5. The van der Waals surface area contributed by atoms with Gasteiger partial charge in [0, 0.05) is 43.6 Å². The van der Waals surface area contributed by atoms with Crippen molar-refractivity contribution in [3.63, 3.8) is 0 Å². The summed E-state index contributed by atoms with van der Waals surface area (Å²) in [7, 11) is -1.99. The molecule has 5 amide bonds. The minimum atomic E-state index is -3.47. The van der Waals surface area contributed by atoms with E-state index in [1.807, 2.05) is 0 Å². The van der Waals surface area contributed by atoms with Crippen LogP contribution in [-0.4, -0.2) is 73.8 Å². The minimum Gasteiger partial charge on any atom is -0.427 e. The number of imide groups is 1. The summed E-state index contributed by atoms with van der Waals surface area (Å²) in [6.45, 7) is 0.841. The fraction of sp³-hybridized carbons (Fsp3) is 0.385. The zero-order valence-electron chi connectivity index (χ0n) is 21.7. The third kappa shape index (κ3) is 5.87. The topological polar surface area (TPSA) is 142 Å². The van der Waals surface area contributed by atoms with E-state index < -0.39 is 57.8 Å². The first-order chi connectivity index (χ1) is 18.3. The van der Waals surface area contributed by atoms with Gasteiger partial charge in [-0.1, -0.05) is 18.2 Å². The predicted molar refractivity (Wildman–Crippen MR) is 139 cm³/mol. The first-order valence-electron chi connectivity index (χ1n) is 12.2. The fourth-order valence-electron chi connectivity index (χ4n) is 4.95. The summed E-state index contributed by atoms with van der Waals surface area (Å²) in [5.41, 5.74) is 0.663. The van der Waals surface area contributed by atoms with Gasteiger partial charge in [-0.05, 0) is 48.7 Å². The Balaban J connectivity index is 1.56. The molecule has 208 valence electrons. The molecule has 0 bridgehead atoms. The summed E-state index contributed by atoms with van der Waals surface area (Å²) in [5.74, 6) is -2.17. The summed E-state index contributed by atoms with van der Waals surface area (Å²) in [6, 6.07) is 9.07. The highest BCUT2D eigenvalue weighted by molar-refractivity contribution is 7.90. The Labute approximate surface area is 225 Å². The number of ether oxygens (including phenoxy) is 1. The van der Waals surface area contributed by atoms with Gasteiger partial charge in [0.1, 0.15) is 22.2 Å². The number of halogens is 1. The molecule has 11 nitrogen and oxygen atoms in total. The Morgan fingerprint density at radius 3 is 2.51 bits per heavy atom. The van der Waals surface area contributed by atoms with Crippen molar-refractivity contribution in [1.82, 2.24) is 15.1 Å². The molecule has 2 aromatic carbocycles. The Kier molecular flexibility index (Phi) is 7.64. The van der Waals surface area contributed by atoms with Crippen molar-refractivity contribution in [3.8, 4) is 0 Å². The van der Waals surface area contributed by atoms with Gasteiger partial charge in [-0.15, -0.1) is 0 Å². The number of anilines is 1. The van der Waals surface area contributed by atoms with E-state index in [1.165, 1.54) is 36.2 Å². The first-order valence-corrected chi connectivity index (χ1v) is 14.3. The molecular weight excluding hydrogens is 531 g/mol. The molecule has 39 heavy (non-hydrogen) atoms. The second-order valence-electron chi connectivity index (χ2n) is 9.75. The number of nitrogens with zero attached hydrogens (tertiary/aromatic N) is 2. The monoisotopic (exact) mass is 560 g/mol. The first kappa shape index (κ1) is 28.0. The van der Waals surface area contributed by atoms with Gasteiger partial charge < -0.3 is 20.3 Å². The van der Waals surface area contributed by atoms with Crippen LogP contribution in [-0.2, 0) is 42.7 Å². The molecule has 1 aliphatic heterocycles. The number of hydrogen-bond acceptors (Lipinski definition) is 7. The zero-order chi connectivity index (χ0) is 28.5. The summed E-state index contributed by atoms with van der Waals surface area (Å²) in [4.78, 5) is 53.5. The molecule has 4 rings (SSSR count). The van der Waals surface area contributed by atoms with Crippen molar-refractivity contribution in [2.75, 3.05) is 30.9 Å². The number of carbonyl (C=O) groups is 4. The highest BCUT2D eigenvalue weighted by atomic mass is 32.2. The van der Waals surface area contributed by atoms with Crippen LogP contribution in [0.4, 0.5) is 19.7 Å². The van der Waals surface area contributed by atoms with Crippen LogP contribution >= 0.6 is 0 Å². The molecule has 2 atom stereocenters. The van der Waals surface area contributed by atoms with Crippen molar-refractivity contribution in [3.05, 3.63) is 65.0 Å². The molecule has 1 spiro atoms. The molecule has 1 unspecified atom stereocenters. The smallest absolute Gasteiger partial charge is 0.418 e. The lowest BCUT2D eigenvalue weighted by molar-refractivity contribution is -0.142. The predicted octanol–water partition coefficient (Wildman–Crippen LogP) is 2.16. The molecule has 0 radical (unpaired) electrons. The number of fused-ring (bicyclic) bond motifs is 2. The summed E-state index contributed by atoms with van der Waals surface area (Å²) in [6.07, 6.45) is 0.639. The van der Waals surface area contributed by atoms with E-state index >= 15 is 0 Å². The van der Waals surface area contributed by atoms with Crippen LogP contribution < -0.4 is 10.6 Å². The normalized spacial score (nSPS) is 19.0. The lowest BCUT2D eigenvalue weighted by atomic mass is 9.94. The summed E-state index contributed by atoms with van der Waals surface area (Å²) >= 11 is 0. The second-order valence-corrected chi connectivity index (χ2v) is 11.9. The van der Waals surface area contributed by atoms with Gasteiger partial charge in [0.05, 0.1) is 5.75 Å². The number of carbonyl (C=O) groups excluding carboxylic acids is 4. The maximum atomic E-state index is 13.6. The number of nitrogens with one attached hydrogen (secondary N) is 2. The molecule has 1 heterocycles. The van der Waals surface area contributed by atoms with Crippen LogP contribution in [0.5, 0.6) is 0 Å². The number of rotatable bonds is 8. The van der Waals surface area contributed by atoms with E-state index in [0.29, 0.717) is 23.2 Å². The van der Waals surface area contributed by atoms with E-state index in [2.05, 4.69) is 10.6 Å². The maximum absolute atomic E-state index is 13.6. The highest BCUT2D eigenvalue weighted by Crippen LogP contribution is 2.46. The minimum absolute atomic E-state index is 0.0536. The molecule has 1 fully saturated rings. The Morgan fingerprint density at radius 1 is 1.18 bits per heavy atom. The van der Waals surface area contributed by atoms with E-state index in [4.69, 9.17) is 4.74 Å². The third-order valence-electron chi connectivity index (χ3n) is 6.80. The van der Waals surface area contributed by atoms with Crippen LogP contribution in [0.1, 0.15) is 30.0 Å². The van der Waals surface area contributed by atoms with Crippen molar-refractivity contribution >= 4 is 39.5 Å². The van der Waals surface area contributed by atoms with Crippen LogP contribution in [0.25, 0.3) is 0 Å². The number of benzene rings is 2. The van der Waals surface area contributed by atoms with Crippen molar-refractivity contribution in [2.24, 2.45) is 0 Å². The molecule has 1 aliphatic carbocycles. The molecule has 1 saturated heterocycles. The molecule has 2 aromatic rings. The quantitative estimate of drug-likeness (QED) is 0.504. The van der Waals surface area contributed by atoms with Gasteiger partial charge in [-0.2, -0.15) is 0 Å².